The van der Waals surface area contributed by atoms with Crippen molar-refractivity contribution >= 4 is 11.6 Å². The summed E-state index contributed by atoms with van der Waals surface area (Å²) in [7, 11) is 1.66. The molecule has 0 aromatic heterocycles. The highest BCUT2D eigenvalue weighted by atomic mass is 16.5. The molecule has 0 aliphatic carbocycles. The fourth-order valence-electron chi connectivity index (χ4n) is 3.57. The fourth-order valence-corrected chi connectivity index (χ4v) is 3.57. The summed E-state index contributed by atoms with van der Waals surface area (Å²) in [5, 5.41) is 3.11. The van der Waals surface area contributed by atoms with Crippen molar-refractivity contribution < 1.29 is 9.53 Å². The summed E-state index contributed by atoms with van der Waals surface area (Å²) in [6.45, 7) is 4.34. The standard InChI is InChI=1S/C23H30N2O2/c1-18(20-9-11-21(12-10-20)25-16-4-3-5-17-25)24-23(26)15-8-19-6-13-22(27-2)14-7-19/h6-7,9-14,18H,3-5,8,15-17H2,1-2H3,(H,24,26). The first kappa shape index (κ1) is 19.3. The number of carbonyl (C=O) groups is 1. The Morgan fingerprint density at radius 3 is 2.33 bits per heavy atom. The number of aryl methyl sites for hydroxylation is 1. The summed E-state index contributed by atoms with van der Waals surface area (Å²) in [5.74, 6) is 0.920. The van der Waals surface area contributed by atoms with E-state index in [1.165, 1.54) is 24.9 Å². The van der Waals surface area contributed by atoms with Gasteiger partial charge in [0.25, 0.3) is 0 Å². The zero-order valence-corrected chi connectivity index (χ0v) is 16.4. The first-order valence-electron chi connectivity index (χ1n) is 9.93. The number of benzene rings is 2. The first-order chi connectivity index (χ1) is 13.2. The monoisotopic (exact) mass is 366 g/mol. The Labute approximate surface area is 162 Å². The lowest BCUT2D eigenvalue weighted by molar-refractivity contribution is -0.121. The van der Waals surface area contributed by atoms with Gasteiger partial charge in [0.05, 0.1) is 13.2 Å². The SMILES string of the molecule is COc1ccc(CCC(=O)NC(C)c2ccc(N3CCCCC3)cc2)cc1. The second-order valence-electron chi connectivity index (χ2n) is 7.28. The van der Waals surface area contributed by atoms with Crippen molar-refractivity contribution in [3.63, 3.8) is 0 Å². The highest BCUT2D eigenvalue weighted by Crippen LogP contribution is 2.22. The number of nitrogens with one attached hydrogen (secondary N) is 1. The van der Waals surface area contributed by atoms with Crippen LogP contribution in [0.5, 0.6) is 5.75 Å². The summed E-state index contributed by atoms with van der Waals surface area (Å²) in [6, 6.07) is 16.5. The van der Waals surface area contributed by atoms with Crippen LogP contribution in [0.3, 0.4) is 0 Å². The third-order valence-corrected chi connectivity index (χ3v) is 5.29. The molecule has 1 aliphatic rings. The molecule has 0 saturated carbocycles. The molecule has 3 rings (SSSR count). The molecule has 1 N–H and O–H groups in total. The van der Waals surface area contributed by atoms with Gasteiger partial charge in [0, 0.05) is 25.2 Å². The molecule has 4 nitrogen and oxygen atoms in total. The Morgan fingerprint density at radius 2 is 1.70 bits per heavy atom. The lowest BCUT2D eigenvalue weighted by Crippen LogP contribution is -2.29. The number of ether oxygens (including phenoxy) is 1. The maximum atomic E-state index is 12.3. The summed E-state index contributed by atoms with van der Waals surface area (Å²) in [4.78, 5) is 14.7. The van der Waals surface area contributed by atoms with Gasteiger partial charge >= 0.3 is 0 Å². The van der Waals surface area contributed by atoms with Gasteiger partial charge in [0.1, 0.15) is 5.75 Å². The van der Waals surface area contributed by atoms with Gasteiger partial charge in [0.2, 0.25) is 5.91 Å². The van der Waals surface area contributed by atoms with Gasteiger partial charge in [-0.2, -0.15) is 0 Å². The van der Waals surface area contributed by atoms with E-state index in [0.717, 1.165) is 36.4 Å². The largest absolute Gasteiger partial charge is 0.497 e. The lowest BCUT2D eigenvalue weighted by Gasteiger charge is -2.29. The van der Waals surface area contributed by atoms with Crippen molar-refractivity contribution in [2.24, 2.45) is 0 Å². The number of anilines is 1. The molecule has 1 amide bonds. The Bertz CT molecular complexity index is 719. The average Bonchev–Trinajstić information content (AvgIpc) is 2.73. The normalized spacial score (nSPS) is 15.3. The van der Waals surface area contributed by atoms with Crippen molar-refractivity contribution in [2.75, 3.05) is 25.1 Å². The van der Waals surface area contributed by atoms with Crippen molar-refractivity contribution in [2.45, 2.75) is 45.1 Å². The van der Waals surface area contributed by atoms with E-state index in [9.17, 15) is 4.79 Å². The number of rotatable bonds is 7. The van der Waals surface area contributed by atoms with Gasteiger partial charge in [-0.05, 0) is 68.0 Å². The number of methoxy groups -OCH3 is 1. The topological polar surface area (TPSA) is 41.6 Å². The smallest absolute Gasteiger partial charge is 0.220 e. The fraction of sp³-hybridized carbons (Fsp3) is 0.435. The maximum Gasteiger partial charge on any atom is 0.220 e. The Balaban J connectivity index is 1.48. The molecule has 0 bridgehead atoms. The van der Waals surface area contributed by atoms with Gasteiger partial charge in [-0.3, -0.25) is 4.79 Å². The molecule has 2 aromatic carbocycles. The maximum absolute atomic E-state index is 12.3. The Morgan fingerprint density at radius 1 is 1.04 bits per heavy atom. The molecule has 1 heterocycles. The predicted molar refractivity (Wildman–Crippen MR) is 110 cm³/mol. The van der Waals surface area contributed by atoms with Crippen LogP contribution in [-0.2, 0) is 11.2 Å². The minimum Gasteiger partial charge on any atom is -0.497 e. The molecule has 2 aromatic rings. The van der Waals surface area contributed by atoms with E-state index in [1.54, 1.807) is 7.11 Å². The number of piperidine rings is 1. The van der Waals surface area contributed by atoms with Gasteiger partial charge in [-0.15, -0.1) is 0 Å². The van der Waals surface area contributed by atoms with Gasteiger partial charge < -0.3 is 15.0 Å². The number of amides is 1. The van der Waals surface area contributed by atoms with Crippen LogP contribution in [-0.4, -0.2) is 26.1 Å². The molecule has 1 atom stereocenters. The van der Waals surface area contributed by atoms with Crippen molar-refractivity contribution in [3.8, 4) is 5.75 Å². The average molecular weight is 367 g/mol. The first-order valence-corrected chi connectivity index (χ1v) is 9.93. The van der Waals surface area contributed by atoms with E-state index in [1.807, 2.05) is 31.2 Å². The van der Waals surface area contributed by atoms with Crippen LogP contribution in [0.4, 0.5) is 5.69 Å². The van der Waals surface area contributed by atoms with E-state index >= 15 is 0 Å². The molecule has 1 fully saturated rings. The molecular formula is C23H30N2O2. The van der Waals surface area contributed by atoms with Crippen molar-refractivity contribution in [1.82, 2.24) is 5.32 Å². The molecular weight excluding hydrogens is 336 g/mol. The molecule has 1 saturated heterocycles. The highest BCUT2D eigenvalue weighted by Gasteiger charge is 2.13. The van der Waals surface area contributed by atoms with Crippen molar-refractivity contribution in [1.29, 1.82) is 0 Å². The molecule has 27 heavy (non-hydrogen) atoms. The third-order valence-electron chi connectivity index (χ3n) is 5.29. The highest BCUT2D eigenvalue weighted by molar-refractivity contribution is 5.76. The zero-order valence-electron chi connectivity index (χ0n) is 16.4. The van der Waals surface area contributed by atoms with Gasteiger partial charge in [-0.1, -0.05) is 24.3 Å². The Kier molecular flexibility index (Phi) is 6.74. The van der Waals surface area contributed by atoms with Crippen LogP contribution < -0.4 is 15.0 Å². The molecule has 1 unspecified atom stereocenters. The van der Waals surface area contributed by atoms with Crippen LogP contribution in [0.1, 0.15) is 49.8 Å². The van der Waals surface area contributed by atoms with E-state index in [-0.39, 0.29) is 11.9 Å². The van der Waals surface area contributed by atoms with Crippen molar-refractivity contribution in [3.05, 3.63) is 59.7 Å². The summed E-state index contributed by atoms with van der Waals surface area (Å²) in [6.07, 6.45) is 5.12. The summed E-state index contributed by atoms with van der Waals surface area (Å²) < 4.78 is 5.16. The summed E-state index contributed by atoms with van der Waals surface area (Å²) >= 11 is 0. The lowest BCUT2D eigenvalue weighted by atomic mass is 10.1. The minimum atomic E-state index is 0.0174. The van der Waals surface area contributed by atoms with Crippen LogP contribution in [0, 0.1) is 0 Å². The number of nitrogens with zero attached hydrogens (tertiary/aromatic N) is 1. The van der Waals surface area contributed by atoms with Crippen LogP contribution in [0.15, 0.2) is 48.5 Å². The number of hydrogen-bond acceptors (Lipinski definition) is 3. The van der Waals surface area contributed by atoms with Crippen LogP contribution in [0.25, 0.3) is 0 Å². The van der Waals surface area contributed by atoms with Crippen LogP contribution >= 0.6 is 0 Å². The molecule has 1 aliphatic heterocycles. The second-order valence-corrected chi connectivity index (χ2v) is 7.28. The molecule has 0 radical (unpaired) electrons. The van der Waals surface area contributed by atoms with Crippen LogP contribution in [0.2, 0.25) is 0 Å². The second kappa shape index (κ2) is 9.45. The van der Waals surface area contributed by atoms with E-state index < -0.39 is 0 Å². The molecule has 0 spiro atoms. The van der Waals surface area contributed by atoms with Gasteiger partial charge in [-0.25, -0.2) is 0 Å². The summed E-state index contributed by atoms with van der Waals surface area (Å²) in [5.41, 5.74) is 3.58. The molecule has 4 heteroatoms. The zero-order chi connectivity index (χ0) is 19.1. The van der Waals surface area contributed by atoms with E-state index in [0.29, 0.717) is 6.42 Å². The number of carbonyl (C=O) groups excluding carboxylic acids is 1. The molecule has 144 valence electrons. The quantitative estimate of drug-likeness (QED) is 0.785. The number of hydrogen-bond donors (Lipinski definition) is 1. The van der Waals surface area contributed by atoms with E-state index in [2.05, 4.69) is 34.5 Å². The van der Waals surface area contributed by atoms with E-state index in [4.69, 9.17) is 4.74 Å². The third kappa shape index (κ3) is 5.49. The minimum absolute atomic E-state index is 0.0174. The van der Waals surface area contributed by atoms with Gasteiger partial charge in [0.15, 0.2) is 0 Å². The Hall–Kier alpha value is -2.49. The predicted octanol–water partition coefficient (Wildman–Crippen LogP) is 4.50.